The SMILES string of the molecule is COc1ccc(C2C(=O)C3=CC[C@]34C(C)(C)CCC[C@]24C)cc1OC. The number of carbonyl (C=O) groups excluding carboxylic acids is 1. The summed E-state index contributed by atoms with van der Waals surface area (Å²) in [4.78, 5) is 13.4. The molecule has 3 heteroatoms. The molecular weight excluding hydrogens is 312 g/mol. The average molecular weight is 340 g/mol. The van der Waals surface area contributed by atoms with Crippen molar-refractivity contribution < 1.29 is 14.3 Å². The smallest absolute Gasteiger partial charge is 0.167 e. The van der Waals surface area contributed by atoms with Gasteiger partial charge in [-0.3, -0.25) is 4.79 Å². The first-order valence-corrected chi connectivity index (χ1v) is 9.29. The molecule has 2 saturated carbocycles. The minimum atomic E-state index is -0.0827. The number of hydrogen-bond acceptors (Lipinski definition) is 3. The molecule has 25 heavy (non-hydrogen) atoms. The number of allylic oxidation sites excluding steroid dienone is 2. The molecular formula is C22H28O3. The van der Waals surface area contributed by atoms with Crippen molar-refractivity contribution in [2.45, 2.75) is 52.4 Å². The van der Waals surface area contributed by atoms with Gasteiger partial charge in [0, 0.05) is 5.41 Å². The number of methoxy groups -OCH3 is 2. The van der Waals surface area contributed by atoms with Gasteiger partial charge in [0.15, 0.2) is 17.3 Å². The number of Topliss-reactive ketones (excluding diaryl/α,β-unsaturated/α-hetero) is 1. The zero-order chi connectivity index (χ0) is 18.0. The molecule has 1 aromatic carbocycles. The van der Waals surface area contributed by atoms with Gasteiger partial charge in [0.1, 0.15) is 0 Å². The number of ketones is 1. The lowest BCUT2D eigenvalue weighted by atomic mass is 9.41. The maximum absolute atomic E-state index is 13.4. The second-order valence-electron chi connectivity index (χ2n) is 8.79. The van der Waals surface area contributed by atoms with Crippen LogP contribution in [0.2, 0.25) is 0 Å². The van der Waals surface area contributed by atoms with Gasteiger partial charge in [-0.2, -0.15) is 0 Å². The Balaban J connectivity index is 1.87. The van der Waals surface area contributed by atoms with Crippen molar-refractivity contribution in [3.63, 3.8) is 0 Å². The van der Waals surface area contributed by atoms with E-state index in [1.54, 1.807) is 14.2 Å². The summed E-state index contributed by atoms with van der Waals surface area (Å²) in [6.45, 7) is 7.08. The summed E-state index contributed by atoms with van der Waals surface area (Å²) < 4.78 is 10.9. The van der Waals surface area contributed by atoms with Crippen molar-refractivity contribution in [2.24, 2.45) is 16.2 Å². The Labute approximate surface area is 150 Å². The van der Waals surface area contributed by atoms with Crippen LogP contribution in [0, 0.1) is 16.2 Å². The molecule has 134 valence electrons. The van der Waals surface area contributed by atoms with Gasteiger partial charge in [0.2, 0.25) is 0 Å². The molecule has 3 nitrogen and oxygen atoms in total. The molecule has 3 aliphatic rings. The van der Waals surface area contributed by atoms with Crippen molar-refractivity contribution in [1.29, 1.82) is 0 Å². The molecule has 0 N–H and O–H groups in total. The fourth-order valence-electron chi connectivity index (χ4n) is 6.39. The highest BCUT2D eigenvalue weighted by molar-refractivity contribution is 6.07. The molecule has 0 amide bonds. The molecule has 0 radical (unpaired) electrons. The quantitative estimate of drug-likeness (QED) is 0.785. The molecule has 0 aliphatic heterocycles. The third-order valence-corrected chi connectivity index (χ3v) is 7.61. The van der Waals surface area contributed by atoms with Gasteiger partial charge < -0.3 is 9.47 Å². The van der Waals surface area contributed by atoms with E-state index < -0.39 is 0 Å². The van der Waals surface area contributed by atoms with Gasteiger partial charge in [-0.1, -0.05) is 39.3 Å². The van der Waals surface area contributed by atoms with E-state index in [9.17, 15) is 4.79 Å². The topological polar surface area (TPSA) is 35.5 Å². The Morgan fingerprint density at radius 1 is 1.04 bits per heavy atom. The molecule has 1 aromatic rings. The fraction of sp³-hybridized carbons (Fsp3) is 0.591. The van der Waals surface area contributed by atoms with Crippen LogP contribution in [0.15, 0.2) is 29.8 Å². The lowest BCUT2D eigenvalue weighted by Gasteiger charge is -2.61. The van der Waals surface area contributed by atoms with Crippen LogP contribution in [0.3, 0.4) is 0 Å². The van der Waals surface area contributed by atoms with Crippen LogP contribution < -0.4 is 9.47 Å². The van der Waals surface area contributed by atoms with Crippen LogP contribution in [-0.4, -0.2) is 20.0 Å². The molecule has 3 atom stereocenters. The normalized spacial score (nSPS) is 35.3. The van der Waals surface area contributed by atoms with Gasteiger partial charge in [-0.15, -0.1) is 0 Å². The predicted octanol–water partition coefficient (Wildman–Crippen LogP) is 4.90. The van der Waals surface area contributed by atoms with Gasteiger partial charge in [0.05, 0.1) is 20.1 Å². The second kappa shape index (κ2) is 5.12. The first-order chi connectivity index (χ1) is 11.8. The van der Waals surface area contributed by atoms with E-state index in [0.29, 0.717) is 17.3 Å². The molecule has 2 fully saturated rings. The highest BCUT2D eigenvalue weighted by Crippen LogP contribution is 2.77. The second-order valence-corrected chi connectivity index (χ2v) is 8.79. The average Bonchev–Trinajstić information content (AvgIpc) is 2.66. The van der Waals surface area contributed by atoms with Crippen molar-refractivity contribution in [3.05, 3.63) is 35.4 Å². The Kier molecular flexibility index (Phi) is 3.42. The third kappa shape index (κ3) is 1.79. The van der Waals surface area contributed by atoms with Crippen molar-refractivity contribution in [1.82, 2.24) is 0 Å². The van der Waals surface area contributed by atoms with E-state index >= 15 is 0 Å². The van der Waals surface area contributed by atoms with Gasteiger partial charge in [-0.25, -0.2) is 0 Å². The van der Waals surface area contributed by atoms with Gasteiger partial charge in [0.25, 0.3) is 0 Å². The maximum Gasteiger partial charge on any atom is 0.167 e. The van der Waals surface area contributed by atoms with Crippen LogP contribution in [0.5, 0.6) is 11.5 Å². The summed E-state index contributed by atoms with van der Waals surface area (Å²) in [7, 11) is 3.29. The van der Waals surface area contributed by atoms with Crippen molar-refractivity contribution >= 4 is 5.78 Å². The van der Waals surface area contributed by atoms with Crippen LogP contribution in [0.4, 0.5) is 0 Å². The summed E-state index contributed by atoms with van der Waals surface area (Å²) in [5, 5.41) is 0. The van der Waals surface area contributed by atoms with Crippen LogP contribution >= 0.6 is 0 Å². The monoisotopic (exact) mass is 340 g/mol. The zero-order valence-corrected chi connectivity index (χ0v) is 15.9. The van der Waals surface area contributed by atoms with E-state index in [1.165, 1.54) is 12.8 Å². The summed E-state index contributed by atoms with van der Waals surface area (Å²) in [5.74, 6) is 1.66. The number of hydrogen-bond donors (Lipinski definition) is 0. The van der Waals surface area contributed by atoms with E-state index in [2.05, 4.69) is 32.9 Å². The molecule has 3 aliphatic carbocycles. The van der Waals surface area contributed by atoms with Gasteiger partial charge in [-0.05, 0) is 53.4 Å². The first kappa shape index (κ1) is 16.7. The largest absolute Gasteiger partial charge is 0.493 e. The van der Waals surface area contributed by atoms with Crippen molar-refractivity contribution in [3.8, 4) is 11.5 Å². The van der Waals surface area contributed by atoms with E-state index in [4.69, 9.17) is 9.47 Å². The minimum absolute atomic E-state index is 0.0183. The summed E-state index contributed by atoms with van der Waals surface area (Å²) >= 11 is 0. The molecule has 0 bridgehead atoms. The van der Waals surface area contributed by atoms with E-state index in [1.807, 2.05) is 12.1 Å². The lowest BCUT2D eigenvalue weighted by Crippen LogP contribution is -2.54. The predicted molar refractivity (Wildman–Crippen MR) is 98.2 cm³/mol. The molecule has 0 aromatic heterocycles. The Morgan fingerprint density at radius 2 is 1.76 bits per heavy atom. The third-order valence-electron chi connectivity index (χ3n) is 7.61. The molecule has 0 heterocycles. The fourth-order valence-corrected chi connectivity index (χ4v) is 6.39. The highest BCUT2D eigenvalue weighted by Gasteiger charge is 2.72. The summed E-state index contributed by atoms with van der Waals surface area (Å²) in [5.41, 5.74) is 2.35. The van der Waals surface area contributed by atoms with Crippen LogP contribution in [0.25, 0.3) is 0 Å². The van der Waals surface area contributed by atoms with Crippen molar-refractivity contribution in [2.75, 3.05) is 14.2 Å². The number of benzene rings is 1. The Hall–Kier alpha value is -1.77. The van der Waals surface area contributed by atoms with E-state index in [-0.39, 0.29) is 22.2 Å². The molecule has 1 spiro atoms. The standard InChI is InChI=1S/C22H28O3/c1-20(2)10-6-11-21(3)18(19(23)15-9-12-22(15,20)21)14-7-8-16(24-4)17(13-14)25-5/h7-9,13,18H,6,10-12H2,1-5H3/t18?,21-,22-/m1/s1. The molecule has 4 rings (SSSR count). The van der Waals surface area contributed by atoms with Crippen LogP contribution in [0.1, 0.15) is 57.9 Å². The highest BCUT2D eigenvalue weighted by atomic mass is 16.5. The summed E-state index contributed by atoms with van der Waals surface area (Å²) in [6, 6.07) is 5.99. The zero-order valence-electron chi connectivity index (χ0n) is 15.9. The number of carbonyl (C=O) groups is 1. The number of ether oxygens (including phenoxy) is 2. The number of rotatable bonds is 3. The molecule has 1 unspecified atom stereocenters. The Bertz CT molecular complexity index is 775. The summed E-state index contributed by atoms with van der Waals surface area (Å²) in [6.07, 6.45) is 6.73. The van der Waals surface area contributed by atoms with E-state index in [0.717, 1.165) is 24.0 Å². The molecule has 0 saturated heterocycles. The maximum atomic E-state index is 13.4. The van der Waals surface area contributed by atoms with Crippen LogP contribution in [-0.2, 0) is 4.79 Å². The Morgan fingerprint density at radius 3 is 2.36 bits per heavy atom. The minimum Gasteiger partial charge on any atom is -0.493 e. The lowest BCUT2D eigenvalue weighted by molar-refractivity contribution is -0.117. The first-order valence-electron chi connectivity index (χ1n) is 9.29. The van der Waals surface area contributed by atoms with Gasteiger partial charge >= 0.3 is 0 Å².